The zero-order valence-electron chi connectivity index (χ0n) is 30.1. The van der Waals surface area contributed by atoms with Crippen LogP contribution in [0.5, 0.6) is 23.0 Å². The second kappa shape index (κ2) is 12.9. The van der Waals surface area contributed by atoms with E-state index in [0.717, 1.165) is 62.7 Å². The van der Waals surface area contributed by atoms with Crippen LogP contribution in [0.25, 0.3) is 0 Å². The molecule has 2 aliphatic rings. The lowest BCUT2D eigenvalue weighted by Gasteiger charge is -2.32. The van der Waals surface area contributed by atoms with Crippen LogP contribution >= 0.6 is 0 Å². The smallest absolute Gasteiger partial charge is 0.193 e. The molecule has 0 spiro atoms. The average molecular weight is 705 g/mol. The summed E-state index contributed by atoms with van der Waals surface area (Å²) in [5, 5.41) is 0. The van der Waals surface area contributed by atoms with Gasteiger partial charge in [0, 0.05) is 33.6 Å². The second-order valence-electron chi connectivity index (χ2n) is 14.5. The summed E-state index contributed by atoms with van der Waals surface area (Å²) in [6, 6.07) is 52.4. The molecule has 6 heteroatoms. The molecule has 7 aromatic carbocycles. The van der Waals surface area contributed by atoms with Gasteiger partial charge in [-0.05, 0) is 126 Å². The third-order valence-corrected chi connectivity index (χ3v) is 9.96. The highest BCUT2D eigenvalue weighted by Crippen LogP contribution is 2.51. The van der Waals surface area contributed by atoms with Crippen molar-refractivity contribution in [2.45, 2.75) is 26.2 Å². The minimum atomic E-state index is -0.298. The topological polar surface area (TPSA) is 59.1 Å². The van der Waals surface area contributed by atoms with Crippen LogP contribution < -0.4 is 19.3 Å². The summed E-state index contributed by atoms with van der Waals surface area (Å²) >= 11 is 0. The molecule has 0 amide bonds. The zero-order valence-corrected chi connectivity index (χ0v) is 30.1. The van der Waals surface area contributed by atoms with E-state index in [9.17, 15) is 9.59 Å². The first-order chi connectivity index (χ1) is 26.2. The highest BCUT2D eigenvalue weighted by atomic mass is 16.5. The van der Waals surface area contributed by atoms with Crippen molar-refractivity contribution in [2.75, 3.05) is 9.80 Å². The molecule has 9 rings (SSSR count). The van der Waals surface area contributed by atoms with Gasteiger partial charge in [0.15, 0.2) is 34.6 Å². The number of carbonyl (C=O) groups excluding carboxylic acids is 2. The molecule has 0 saturated carbocycles. The van der Waals surface area contributed by atoms with E-state index < -0.39 is 0 Å². The van der Waals surface area contributed by atoms with Crippen molar-refractivity contribution < 1.29 is 19.1 Å². The summed E-state index contributed by atoms with van der Waals surface area (Å²) in [5.74, 6) is 2.75. The molecule has 0 N–H and O–H groups in total. The SMILES string of the molecule is CC(C)(C)c1cc(C(=O)c2ccc(N3c4ccccc4Oc4ccccc43)cc2)cc(C(=O)c2ccc(N3c4ccccc4Oc4ccccc43)cc2)c1. The molecule has 0 bridgehead atoms. The number of para-hydroxylation sites is 8. The molecule has 0 radical (unpaired) electrons. The predicted molar refractivity (Wildman–Crippen MR) is 214 cm³/mol. The monoisotopic (exact) mass is 704 g/mol. The van der Waals surface area contributed by atoms with Crippen LogP contribution in [0.2, 0.25) is 0 Å². The van der Waals surface area contributed by atoms with Crippen molar-refractivity contribution in [1.82, 2.24) is 0 Å². The number of rotatable bonds is 6. The normalized spacial score (nSPS) is 12.7. The summed E-state index contributed by atoms with van der Waals surface area (Å²) in [6.07, 6.45) is 0. The van der Waals surface area contributed by atoms with Gasteiger partial charge in [0.25, 0.3) is 0 Å². The Morgan fingerprint density at radius 1 is 0.407 bits per heavy atom. The molecule has 6 nitrogen and oxygen atoms in total. The van der Waals surface area contributed by atoms with E-state index in [0.29, 0.717) is 22.3 Å². The number of carbonyl (C=O) groups is 2. The molecule has 54 heavy (non-hydrogen) atoms. The molecule has 262 valence electrons. The molecule has 0 saturated heterocycles. The van der Waals surface area contributed by atoms with E-state index in [1.807, 2.05) is 158 Å². The molecule has 2 aliphatic heterocycles. The number of ether oxygens (including phenoxy) is 2. The fraction of sp³-hybridized carbons (Fsp3) is 0.0833. The summed E-state index contributed by atoms with van der Waals surface area (Å²) < 4.78 is 12.4. The number of benzene rings is 7. The average Bonchev–Trinajstić information content (AvgIpc) is 3.21. The van der Waals surface area contributed by atoms with Crippen molar-refractivity contribution in [1.29, 1.82) is 0 Å². The van der Waals surface area contributed by atoms with Crippen LogP contribution in [0.1, 0.15) is 58.2 Å². The molecular weight excluding hydrogens is 669 g/mol. The fourth-order valence-corrected chi connectivity index (χ4v) is 7.15. The lowest BCUT2D eigenvalue weighted by Crippen LogP contribution is -2.17. The van der Waals surface area contributed by atoms with Crippen molar-refractivity contribution >= 4 is 45.7 Å². The molecule has 2 heterocycles. The minimum absolute atomic E-state index is 0.149. The van der Waals surface area contributed by atoms with E-state index in [2.05, 4.69) is 30.6 Å². The van der Waals surface area contributed by atoms with Gasteiger partial charge in [-0.25, -0.2) is 0 Å². The number of fused-ring (bicyclic) bond motifs is 4. The minimum Gasteiger partial charge on any atom is -0.453 e. The summed E-state index contributed by atoms with van der Waals surface area (Å²) in [4.78, 5) is 32.6. The van der Waals surface area contributed by atoms with Crippen LogP contribution in [0.4, 0.5) is 34.1 Å². The quantitative estimate of drug-likeness (QED) is 0.161. The second-order valence-corrected chi connectivity index (χ2v) is 14.5. The summed E-state index contributed by atoms with van der Waals surface area (Å²) in [5.41, 5.74) is 8.11. The van der Waals surface area contributed by atoms with Crippen LogP contribution in [-0.2, 0) is 5.41 Å². The Morgan fingerprint density at radius 2 is 0.722 bits per heavy atom. The van der Waals surface area contributed by atoms with Crippen molar-refractivity contribution in [3.05, 3.63) is 192 Å². The predicted octanol–water partition coefficient (Wildman–Crippen LogP) is 12.6. The van der Waals surface area contributed by atoms with Crippen molar-refractivity contribution in [2.24, 2.45) is 0 Å². The zero-order chi connectivity index (χ0) is 37.0. The van der Waals surface area contributed by atoms with Crippen molar-refractivity contribution in [3.8, 4) is 23.0 Å². The molecule has 0 aliphatic carbocycles. The van der Waals surface area contributed by atoms with Gasteiger partial charge in [-0.2, -0.15) is 0 Å². The van der Waals surface area contributed by atoms with Gasteiger partial charge in [0.2, 0.25) is 0 Å². The van der Waals surface area contributed by atoms with Crippen LogP contribution in [0.3, 0.4) is 0 Å². The Kier molecular flexibility index (Phi) is 7.89. The van der Waals surface area contributed by atoms with E-state index in [-0.39, 0.29) is 17.0 Å². The van der Waals surface area contributed by atoms with Crippen LogP contribution in [0.15, 0.2) is 164 Å². The van der Waals surface area contributed by atoms with Gasteiger partial charge in [0.05, 0.1) is 22.7 Å². The maximum Gasteiger partial charge on any atom is 0.193 e. The molecule has 0 unspecified atom stereocenters. The third-order valence-electron chi connectivity index (χ3n) is 9.96. The Hall–Kier alpha value is -6.92. The Labute approximate surface area is 314 Å². The fourth-order valence-electron chi connectivity index (χ4n) is 7.15. The van der Waals surface area contributed by atoms with Gasteiger partial charge in [-0.1, -0.05) is 69.3 Å². The molecule has 0 fully saturated rings. The van der Waals surface area contributed by atoms with Crippen LogP contribution in [0, 0.1) is 0 Å². The lowest BCUT2D eigenvalue weighted by molar-refractivity contribution is 0.103. The van der Waals surface area contributed by atoms with E-state index >= 15 is 0 Å². The maximum atomic E-state index is 14.2. The third kappa shape index (κ3) is 5.78. The largest absolute Gasteiger partial charge is 0.453 e. The number of hydrogen-bond donors (Lipinski definition) is 0. The van der Waals surface area contributed by atoms with E-state index in [1.165, 1.54) is 0 Å². The number of ketones is 2. The summed E-state index contributed by atoms with van der Waals surface area (Å²) in [6.45, 7) is 6.26. The van der Waals surface area contributed by atoms with Crippen LogP contribution in [-0.4, -0.2) is 11.6 Å². The number of nitrogens with zero attached hydrogens (tertiary/aromatic N) is 2. The first-order valence-corrected chi connectivity index (χ1v) is 18.0. The van der Waals surface area contributed by atoms with Crippen molar-refractivity contribution in [3.63, 3.8) is 0 Å². The van der Waals surface area contributed by atoms with Gasteiger partial charge < -0.3 is 19.3 Å². The van der Waals surface area contributed by atoms with E-state index in [1.54, 1.807) is 6.07 Å². The Morgan fingerprint density at radius 3 is 1.04 bits per heavy atom. The maximum absolute atomic E-state index is 14.2. The molecule has 7 aromatic rings. The van der Waals surface area contributed by atoms with Gasteiger partial charge in [0.1, 0.15) is 0 Å². The number of anilines is 6. The number of hydrogen-bond acceptors (Lipinski definition) is 6. The lowest BCUT2D eigenvalue weighted by atomic mass is 9.83. The highest BCUT2D eigenvalue weighted by molar-refractivity contribution is 6.13. The van der Waals surface area contributed by atoms with E-state index in [4.69, 9.17) is 9.47 Å². The first kappa shape index (κ1) is 33.0. The molecule has 0 atom stereocenters. The van der Waals surface area contributed by atoms with Gasteiger partial charge >= 0.3 is 0 Å². The Balaban J connectivity index is 1.03. The van der Waals surface area contributed by atoms with Gasteiger partial charge in [-0.3, -0.25) is 9.59 Å². The van der Waals surface area contributed by atoms with Gasteiger partial charge in [-0.15, -0.1) is 0 Å². The summed E-state index contributed by atoms with van der Waals surface area (Å²) in [7, 11) is 0. The first-order valence-electron chi connectivity index (χ1n) is 18.0. The molecular formula is C48H36N2O4. The standard InChI is InChI=1S/C48H36N2O4/c1-48(2,3)35-29-33(46(51)31-20-24-36(25-21-31)49-38-12-4-8-16-42(38)53-43-17-9-5-13-39(43)49)28-34(30-35)47(52)32-22-26-37(27-23-32)50-40-14-6-10-18-44(40)54-45-19-11-7-15-41(45)50/h4-30H,1-3H3. The highest BCUT2D eigenvalue weighted by Gasteiger charge is 2.28. The molecule has 0 aromatic heterocycles. The Bertz CT molecular complexity index is 2320.